The van der Waals surface area contributed by atoms with E-state index in [4.69, 9.17) is 0 Å². The monoisotopic (exact) mass is 402 g/mol. The molecule has 0 N–H and O–H groups in total. The zero-order valence-electron chi connectivity index (χ0n) is 15.5. The van der Waals surface area contributed by atoms with Crippen LogP contribution in [0.25, 0.3) is 5.69 Å². The molecule has 1 heterocycles. The number of non-ortho nitro benzene ring substituents is 1. The van der Waals surface area contributed by atoms with Gasteiger partial charge in [0, 0.05) is 30.0 Å². The van der Waals surface area contributed by atoms with Crippen molar-refractivity contribution in [2.24, 2.45) is 0 Å². The highest BCUT2D eigenvalue weighted by Crippen LogP contribution is 2.27. The van der Waals surface area contributed by atoms with Crippen molar-refractivity contribution in [3.8, 4) is 5.69 Å². The Balaban J connectivity index is 1.63. The van der Waals surface area contributed by atoms with Crippen molar-refractivity contribution in [1.82, 2.24) is 14.8 Å². The first-order valence-electron chi connectivity index (χ1n) is 9.10. The summed E-state index contributed by atoms with van der Waals surface area (Å²) >= 11 is 1.51. The van der Waals surface area contributed by atoms with Crippen LogP contribution in [0.4, 0.5) is 5.69 Å². The topological polar surface area (TPSA) is 73.8 Å². The maximum absolute atomic E-state index is 11.0. The Labute approximate surface area is 172 Å². The highest BCUT2D eigenvalue weighted by atomic mass is 32.2. The van der Waals surface area contributed by atoms with Crippen LogP contribution in [0.2, 0.25) is 0 Å². The van der Waals surface area contributed by atoms with Gasteiger partial charge < -0.3 is 0 Å². The van der Waals surface area contributed by atoms with Gasteiger partial charge in [0.2, 0.25) is 0 Å². The first-order chi connectivity index (χ1) is 14.2. The van der Waals surface area contributed by atoms with E-state index in [1.54, 1.807) is 12.1 Å². The number of nitrogens with zero attached hydrogens (tertiary/aromatic N) is 4. The van der Waals surface area contributed by atoms with Crippen LogP contribution in [0.3, 0.4) is 0 Å². The van der Waals surface area contributed by atoms with Crippen molar-refractivity contribution in [1.29, 1.82) is 0 Å². The lowest BCUT2D eigenvalue weighted by molar-refractivity contribution is -0.384. The number of para-hydroxylation sites is 1. The fraction of sp³-hybridized carbons (Fsp3) is 0.0909. The van der Waals surface area contributed by atoms with Crippen LogP contribution in [-0.4, -0.2) is 19.7 Å². The second kappa shape index (κ2) is 8.70. The Morgan fingerprint density at radius 3 is 2.28 bits per heavy atom. The van der Waals surface area contributed by atoms with Crippen LogP contribution in [0.1, 0.15) is 17.0 Å². The molecule has 0 fully saturated rings. The molecule has 0 saturated carbocycles. The minimum atomic E-state index is -0.376. The zero-order valence-corrected chi connectivity index (χ0v) is 16.3. The molecule has 0 amide bonds. The lowest BCUT2D eigenvalue weighted by Crippen LogP contribution is -2.03. The van der Waals surface area contributed by atoms with Crippen LogP contribution < -0.4 is 0 Å². The van der Waals surface area contributed by atoms with Crippen LogP contribution in [0, 0.1) is 10.1 Å². The number of hydrogen-bond acceptors (Lipinski definition) is 5. The van der Waals surface area contributed by atoms with E-state index in [2.05, 4.69) is 26.9 Å². The molecule has 4 aromatic rings. The van der Waals surface area contributed by atoms with Gasteiger partial charge in [-0.2, -0.15) is 0 Å². The molecule has 1 aromatic heterocycles. The summed E-state index contributed by atoms with van der Waals surface area (Å²) in [5, 5.41) is 20.6. The van der Waals surface area contributed by atoms with Crippen molar-refractivity contribution >= 4 is 17.4 Å². The van der Waals surface area contributed by atoms with E-state index in [-0.39, 0.29) is 10.6 Å². The second-order valence-corrected chi connectivity index (χ2v) is 7.39. The number of rotatable bonds is 7. The molecule has 0 aliphatic heterocycles. The first-order valence-corrected chi connectivity index (χ1v) is 10.1. The summed E-state index contributed by atoms with van der Waals surface area (Å²) in [5.41, 5.74) is 3.12. The number of hydrogen-bond donors (Lipinski definition) is 0. The molecule has 0 aliphatic rings. The maximum Gasteiger partial charge on any atom is 0.269 e. The second-order valence-electron chi connectivity index (χ2n) is 6.45. The van der Waals surface area contributed by atoms with Gasteiger partial charge in [-0.15, -0.1) is 10.2 Å². The van der Waals surface area contributed by atoms with Gasteiger partial charge in [-0.05, 0) is 23.3 Å². The predicted molar refractivity (Wildman–Crippen MR) is 113 cm³/mol. The third kappa shape index (κ3) is 4.52. The summed E-state index contributed by atoms with van der Waals surface area (Å²) in [5.74, 6) is 1.42. The van der Waals surface area contributed by atoms with E-state index in [9.17, 15) is 10.1 Å². The molecule has 4 rings (SSSR count). The first kappa shape index (κ1) is 18.9. The largest absolute Gasteiger partial charge is 0.274 e. The Bertz CT molecular complexity index is 1110. The number of benzene rings is 3. The van der Waals surface area contributed by atoms with Gasteiger partial charge in [0.25, 0.3) is 5.69 Å². The van der Waals surface area contributed by atoms with E-state index in [0.29, 0.717) is 12.2 Å². The molecule has 0 aliphatic carbocycles. The molecule has 29 heavy (non-hydrogen) atoms. The van der Waals surface area contributed by atoms with E-state index >= 15 is 0 Å². The number of nitro benzene ring substituents is 1. The molecule has 0 unspecified atom stereocenters. The maximum atomic E-state index is 11.0. The van der Waals surface area contributed by atoms with Crippen molar-refractivity contribution in [2.45, 2.75) is 17.3 Å². The molecule has 0 radical (unpaired) electrons. The van der Waals surface area contributed by atoms with Gasteiger partial charge in [0.1, 0.15) is 5.82 Å². The highest BCUT2D eigenvalue weighted by Gasteiger charge is 2.15. The molecule has 0 bridgehead atoms. The summed E-state index contributed by atoms with van der Waals surface area (Å²) in [7, 11) is 0. The minimum Gasteiger partial charge on any atom is -0.274 e. The normalized spacial score (nSPS) is 10.8. The minimum absolute atomic E-state index is 0.0948. The van der Waals surface area contributed by atoms with Gasteiger partial charge in [-0.25, -0.2) is 0 Å². The van der Waals surface area contributed by atoms with Gasteiger partial charge in [0.05, 0.1) is 4.92 Å². The summed E-state index contributed by atoms with van der Waals surface area (Å²) < 4.78 is 2.05. The molecule has 0 saturated heterocycles. The average Bonchev–Trinajstić information content (AvgIpc) is 3.16. The smallest absolute Gasteiger partial charge is 0.269 e. The van der Waals surface area contributed by atoms with Gasteiger partial charge in [0.15, 0.2) is 5.16 Å². The Kier molecular flexibility index (Phi) is 5.67. The SMILES string of the molecule is O=[N+]([O-])c1cccc(CSc2nnc(Cc3ccccc3)n2-c2ccccc2)c1. The van der Waals surface area contributed by atoms with E-state index in [1.165, 1.54) is 17.8 Å². The number of thioether (sulfide) groups is 1. The van der Waals surface area contributed by atoms with Gasteiger partial charge >= 0.3 is 0 Å². The number of aromatic nitrogens is 3. The summed E-state index contributed by atoms with van der Waals surface area (Å²) in [4.78, 5) is 10.6. The van der Waals surface area contributed by atoms with Gasteiger partial charge in [-0.1, -0.05) is 72.4 Å². The fourth-order valence-electron chi connectivity index (χ4n) is 3.03. The molecule has 0 spiro atoms. The van der Waals surface area contributed by atoms with E-state index in [0.717, 1.165) is 27.8 Å². The van der Waals surface area contributed by atoms with Crippen molar-refractivity contribution < 1.29 is 4.92 Å². The molecular weight excluding hydrogens is 384 g/mol. The van der Waals surface area contributed by atoms with Crippen molar-refractivity contribution in [2.75, 3.05) is 0 Å². The average molecular weight is 402 g/mol. The summed E-state index contributed by atoms with van der Waals surface area (Å²) in [6.07, 6.45) is 0.667. The van der Waals surface area contributed by atoms with Crippen LogP contribution >= 0.6 is 11.8 Å². The zero-order chi connectivity index (χ0) is 20.1. The summed E-state index contributed by atoms with van der Waals surface area (Å²) in [6.45, 7) is 0. The third-order valence-electron chi connectivity index (χ3n) is 4.41. The molecule has 6 nitrogen and oxygen atoms in total. The Morgan fingerprint density at radius 2 is 1.55 bits per heavy atom. The molecular formula is C22H18N4O2S. The molecule has 0 atom stereocenters. The van der Waals surface area contributed by atoms with E-state index < -0.39 is 0 Å². The molecule has 7 heteroatoms. The van der Waals surface area contributed by atoms with Gasteiger partial charge in [-0.3, -0.25) is 14.7 Å². The lowest BCUT2D eigenvalue weighted by Gasteiger charge is -2.10. The van der Waals surface area contributed by atoms with Crippen molar-refractivity contribution in [3.05, 3.63) is 112 Å². The quantitative estimate of drug-likeness (QED) is 0.245. The standard InChI is InChI=1S/C22H18N4O2S/c27-26(28)20-13-7-10-18(14-20)16-29-22-24-23-21(15-17-8-3-1-4-9-17)25(22)19-11-5-2-6-12-19/h1-14H,15-16H2. The van der Waals surface area contributed by atoms with Crippen molar-refractivity contribution in [3.63, 3.8) is 0 Å². The molecule has 3 aromatic carbocycles. The van der Waals surface area contributed by atoms with Crippen LogP contribution in [-0.2, 0) is 12.2 Å². The van der Waals surface area contributed by atoms with E-state index in [1.807, 2.05) is 54.6 Å². The fourth-order valence-corrected chi connectivity index (χ4v) is 3.94. The predicted octanol–water partition coefficient (Wildman–Crippen LogP) is 5.06. The third-order valence-corrected chi connectivity index (χ3v) is 5.41. The number of nitro groups is 1. The lowest BCUT2D eigenvalue weighted by atomic mass is 10.1. The van der Waals surface area contributed by atoms with Crippen LogP contribution in [0.5, 0.6) is 0 Å². The Hall–Kier alpha value is -3.45. The molecule has 144 valence electrons. The highest BCUT2D eigenvalue weighted by molar-refractivity contribution is 7.98. The van der Waals surface area contributed by atoms with Crippen LogP contribution in [0.15, 0.2) is 90.1 Å². The summed E-state index contributed by atoms with van der Waals surface area (Å²) in [6, 6.07) is 26.8. The Morgan fingerprint density at radius 1 is 0.862 bits per heavy atom.